The molecule has 0 saturated carbocycles. The van der Waals surface area contributed by atoms with Crippen LogP contribution in [-0.2, 0) is 9.59 Å². The largest absolute Gasteiger partial charge is 0.480 e. The van der Waals surface area contributed by atoms with Gasteiger partial charge in [-0.1, -0.05) is 6.92 Å². The number of hydrogen-bond donors (Lipinski definition) is 1. The standard InChI is InChI=1S/C14H18FNO3S/c1-3-16(8-13(17)18)14(19)10(2)9-20-12-6-4-11(15)5-7-12/h4-7,10H,3,8-9H2,1-2H3,(H,17,18). The first-order chi connectivity index (χ1) is 9.43. The molecule has 0 bridgehead atoms. The highest BCUT2D eigenvalue weighted by molar-refractivity contribution is 7.99. The lowest BCUT2D eigenvalue weighted by Crippen LogP contribution is -2.39. The highest BCUT2D eigenvalue weighted by Crippen LogP contribution is 2.21. The molecule has 4 nitrogen and oxygen atoms in total. The smallest absolute Gasteiger partial charge is 0.323 e. The summed E-state index contributed by atoms with van der Waals surface area (Å²) >= 11 is 1.45. The van der Waals surface area contributed by atoms with Gasteiger partial charge in [0, 0.05) is 23.1 Å². The van der Waals surface area contributed by atoms with Gasteiger partial charge in [-0.2, -0.15) is 0 Å². The Kier molecular flexibility index (Phi) is 6.51. The van der Waals surface area contributed by atoms with Crippen LogP contribution in [0.5, 0.6) is 0 Å². The van der Waals surface area contributed by atoms with Crippen LogP contribution in [-0.4, -0.2) is 40.7 Å². The van der Waals surface area contributed by atoms with Crippen LogP contribution in [0.15, 0.2) is 29.2 Å². The third-order valence-corrected chi connectivity index (χ3v) is 4.03. The lowest BCUT2D eigenvalue weighted by atomic mass is 10.2. The number of aliphatic carboxylic acids is 1. The molecule has 1 rings (SSSR count). The molecule has 0 fully saturated rings. The van der Waals surface area contributed by atoms with Gasteiger partial charge in [-0.15, -0.1) is 11.8 Å². The van der Waals surface area contributed by atoms with E-state index in [1.54, 1.807) is 26.0 Å². The number of halogens is 1. The predicted molar refractivity (Wildman–Crippen MR) is 76.2 cm³/mol. The summed E-state index contributed by atoms with van der Waals surface area (Å²) in [6.07, 6.45) is 0. The Bertz CT molecular complexity index is 464. The molecule has 0 aromatic heterocycles. The predicted octanol–water partition coefficient (Wildman–Crippen LogP) is 2.49. The number of amides is 1. The fourth-order valence-corrected chi connectivity index (χ4v) is 2.56. The number of likely N-dealkylation sites (N-methyl/N-ethyl adjacent to an activating group) is 1. The molecular formula is C14H18FNO3S. The summed E-state index contributed by atoms with van der Waals surface area (Å²) in [6.45, 7) is 3.61. The lowest BCUT2D eigenvalue weighted by molar-refractivity contribution is -0.145. The lowest BCUT2D eigenvalue weighted by Gasteiger charge is -2.22. The van der Waals surface area contributed by atoms with Crippen LogP contribution in [0.25, 0.3) is 0 Å². The molecule has 1 unspecified atom stereocenters. The first kappa shape index (κ1) is 16.5. The van der Waals surface area contributed by atoms with Gasteiger partial charge in [0.25, 0.3) is 0 Å². The Balaban J connectivity index is 2.52. The van der Waals surface area contributed by atoms with E-state index in [9.17, 15) is 14.0 Å². The monoisotopic (exact) mass is 299 g/mol. The van der Waals surface area contributed by atoms with E-state index in [2.05, 4.69) is 0 Å². The van der Waals surface area contributed by atoms with Crippen molar-refractivity contribution in [2.75, 3.05) is 18.8 Å². The van der Waals surface area contributed by atoms with Gasteiger partial charge in [0.1, 0.15) is 12.4 Å². The van der Waals surface area contributed by atoms with Crippen LogP contribution >= 0.6 is 11.8 Å². The van der Waals surface area contributed by atoms with Crippen molar-refractivity contribution in [3.8, 4) is 0 Å². The minimum Gasteiger partial charge on any atom is -0.480 e. The summed E-state index contributed by atoms with van der Waals surface area (Å²) in [6, 6.07) is 6.06. The second kappa shape index (κ2) is 7.89. The number of carboxylic acid groups (broad SMARTS) is 1. The van der Waals surface area contributed by atoms with Crippen molar-refractivity contribution in [1.82, 2.24) is 4.90 Å². The van der Waals surface area contributed by atoms with Crippen molar-refractivity contribution >= 4 is 23.6 Å². The molecular weight excluding hydrogens is 281 g/mol. The van der Waals surface area contributed by atoms with E-state index in [4.69, 9.17) is 5.11 Å². The Morgan fingerprint density at radius 2 is 1.95 bits per heavy atom. The minimum absolute atomic E-state index is 0.176. The second-order valence-corrected chi connectivity index (χ2v) is 5.51. The number of benzene rings is 1. The summed E-state index contributed by atoms with van der Waals surface area (Å²) in [5.74, 6) is -1.25. The topological polar surface area (TPSA) is 57.6 Å². The number of thioether (sulfide) groups is 1. The van der Waals surface area contributed by atoms with Gasteiger partial charge in [0.2, 0.25) is 5.91 Å². The van der Waals surface area contributed by atoms with Crippen LogP contribution in [0.2, 0.25) is 0 Å². The zero-order valence-electron chi connectivity index (χ0n) is 11.5. The average Bonchev–Trinajstić information content (AvgIpc) is 2.42. The minimum atomic E-state index is -1.02. The van der Waals surface area contributed by atoms with Gasteiger partial charge in [-0.25, -0.2) is 4.39 Å². The number of nitrogens with zero attached hydrogens (tertiary/aromatic N) is 1. The molecule has 1 N–H and O–H groups in total. The summed E-state index contributed by atoms with van der Waals surface area (Å²) in [4.78, 5) is 24.9. The first-order valence-corrected chi connectivity index (χ1v) is 7.31. The first-order valence-electron chi connectivity index (χ1n) is 6.33. The molecule has 0 aliphatic rings. The van der Waals surface area contributed by atoms with Crippen LogP contribution in [0.3, 0.4) is 0 Å². The van der Waals surface area contributed by atoms with E-state index < -0.39 is 5.97 Å². The highest BCUT2D eigenvalue weighted by atomic mass is 32.2. The van der Waals surface area contributed by atoms with Gasteiger partial charge in [0.05, 0.1) is 0 Å². The van der Waals surface area contributed by atoms with Crippen molar-refractivity contribution < 1.29 is 19.1 Å². The van der Waals surface area contributed by atoms with Crippen LogP contribution < -0.4 is 0 Å². The van der Waals surface area contributed by atoms with Gasteiger partial charge in [-0.3, -0.25) is 9.59 Å². The molecule has 0 spiro atoms. The van der Waals surface area contributed by atoms with Gasteiger partial charge in [0.15, 0.2) is 0 Å². The van der Waals surface area contributed by atoms with E-state index in [-0.39, 0.29) is 24.2 Å². The molecule has 0 aliphatic heterocycles. The van der Waals surface area contributed by atoms with Crippen molar-refractivity contribution in [1.29, 1.82) is 0 Å². The molecule has 20 heavy (non-hydrogen) atoms. The van der Waals surface area contributed by atoms with Gasteiger partial charge < -0.3 is 10.0 Å². The quantitative estimate of drug-likeness (QED) is 0.786. The fraction of sp³-hybridized carbons (Fsp3) is 0.429. The maximum Gasteiger partial charge on any atom is 0.323 e. The van der Waals surface area contributed by atoms with Crippen molar-refractivity contribution in [3.05, 3.63) is 30.1 Å². The molecule has 1 atom stereocenters. The number of carbonyl (C=O) groups is 2. The Hall–Kier alpha value is -1.56. The molecule has 1 aromatic carbocycles. The van der Waals surface area contributed by atoms with Crippen LogP contribution in [0.4, 0.5) is 4.39 Å². The second-order valence-electron chi connectivity index (χ2n) is 4.41. The van der Waals surface area contributed by atoms with E-state index in [1.807, 2.05) is 0 Å². The molecule has 0 aliphatic carbocycles. The fourth-order valence-electron chi connectivity index (χ4n) is 1.64. The molecule has 0 radical (unpaired) electrons. The highest BCUT2D eigenvalue weighted by Gasteiger charge is 2.21. The Morgan fingerprint density at radius 3 is 2.45 bits per heavy atom. The SMILES string of the molecule is CCN(CC(=O)O)C(=O)C(C)CSc1ccc(F)cc1. The zero-order valence-corrected chi connectivity index (χ0v) is 12.3. The normalized spacial score (nSPS) is 11.9. The van der Waals surface area contributed by atoms with Crippen LogP contribution in [0.1, 0.15) is 13.8 Å². The van der Waals surface area contributed by atoms with Gasteiger partial charge in [-0.05, 0) is 31.2 Å². The van der Waals surface area contributed by atoms with E-state index in [0.717, 1.165) is 4.90 Å². The Morgan fingerprint density at radius 1 is 1.35 bits per heavy atom. The van der Waals surface area contributed by atoms with Crippen LogP contribution in [0, 0.1) is 11.7 Å². The van der Waals surface area contributed by atoms with Crippen molar-refractivity contribution in [2.45, 2.75) is 18.7 Å². The molecule has 1 amide bonds. The third kappa shape index (κ3) is 5.21. The van der Waals surface area contributed by atoms with Crippen molar-refractivity contribution in [2.24, 2.45) is 5.92 Å². The molecule has 6 heteroatoms. The molecule has 0 heterocycles. The zero-order chi connectivity index (χ0) is 15.1. The summed E-state index contributed by atoms with van der Waals surface area (Å²) < 4.78 is 12.8. The molecule has 110 valence electrons. The maximum atomic E-state index is 12.8. The number of carbonyl (C=O) groups excluding carboxylic acids is 1. The molecule has 0 saturated heterocycles. The average molecular weight is 299 g/mol. The van der Waals surface area contributed by atoms with E-state index >= 15 is 0 Å². The van der Waals surface area contributed by atoms with Crippen molar-refractivity contribution in [3.63, 3.8) is 0 Å². The summed E-state index contributed by atoms with van der Waals surface area (Å²) in [5, 5.41) is 8.74. The number of carboxylic acids is 1. The summed E-state index contributed by atoms with van der Waals surface area (Å²) in [7, 11) is 0. The van der Waals surface area contributed by atoms with E-state index in [1.165, 1.54) is 28.8 Å². The van der Waals surface area contributed by atoms with Gasteiger partial charge >= 0.3 is 5.97 Å². The summed E-state index contributed by atoms with van der Waals surface area (Å²) in [5.41, 5.74) is 0. The third-order valence-electron chi connectivity index (χ3n) is 2.75. The maximum absolute atomic E-state index is 12.8. The molecule has 1 aromatic rings. The Labute approximate surface area is 122 Å². The number of hydrogen-bond acceptors (Lipinski definition) is 3. The van der Waals surface area contributed by atoms with E-state index in [0.29, 0.717) is 12.3 Å². The number of rotatable bonds is 7.